The smallest absolute Gasteiger partial charge is 0.252 e. The van der Waals surface area contributed by atoms with Crippen LogP contribution in [0.3, 0.4) is 0 Å². The largest absolute Gasteiger partial charge is 0.469 e. The number of hydrogen-bond acceptors (Lipinski definition) is 6. The van der Waals surface area contributed by atoms with Crippen molar-refractivity contribution in [3.8, 4) is 5.88 Å². The molecular weight excluding hydrogens is 378 g/mol. The average molecular weight is 389 g/mol. The third-order valence-corrected chi connectivity index (χ3v) is 3.79. The number of nitrogens with zero attached hydrogens (tertiary/aromatic N) is 5. The van der Waals surface area contributed by atoms with Crippen LogP contribution in [-0.2, 0) is 6.61 Å². The lowest BCUT2D eigenvalue weighted by molar-refractivity contribution is 0.274. The number of nitrogens with one attached hydrogen (secondary N) is 1. The summed E-state index contributed by atoms with van der Waals surface area (Å²) in [6.45, 7) is -0.0765. The van der Waals surface area contributed by atoms with E-state index < -0.39 is 11.8 Å². The fraction of sp³-hybridized carbons (Fsp3) is 0.0588. The minimum absolute atomic E-state index is 0.0705. The van der Waals surface area contributed by atoms with E-state index in [2.05, 4.69) is 25.6 Å². The molecule has 7 nitrogen and oxygen atoms in total. The van der Waals surface area contributed by atoms with E-state index in [1.807, 2.05) is 12.1 Å². The summed E-state index contributed by atoms with van der Waals surface area (Å²) in [6, 6.07) is 12.8. The molecule has 0 fully saturated rings. The minimum Gasteiger partial charge on any atom is -0.469 e. The molecule has 0 spiro atoms. The molecule has 0 unspecified atom stereocenters. The fourth-order valence-electron chi connectivity index (χ4n) is 2.32. The number of aromatic nitrogens is 5. The summed E-state index contributed by atoms with van der Waals surface area (Å²) in [6.07, 6.45) is 0. The number of hydrogen-bond donors (Lipinski definition) is 1. The molecule has 0 saturated heterocycles. The highest BCUT2D eigenvalue weighted by atomic mass is 35.5. The summed E-state index contributed by atoms with van der Waals surface area (Å²) in [7, 11) is 0. The average Bonchev–Trinajstić information content (AvgIpc) is 3.05. The molecule has 0 aliphatic rings. The first-order valence-electron chi connectivity index (χ1n) is 7.77. The van der Waals surface area contributed by atoms with Gasteiger partial charge in [0, 0.05) is 16.8 Å². The lowest BCUT2D eigenvalue weighted by Gasteiger charge is -2.07. The van der Waals surface area contributed by atoms with Gasteiger partial charge >= 0.3 is 0 Å². The number of halogens is 3. The second-order valence-corrected chi connectivity index (χ2v) is 5.89. The molecule has 0 amide bonds. The van der Waals surface area contributed by atoms with E-state index in [1.54, 1.807) is 24.3 Å². The van der Waals surface area contributed by atoms with E-state index in [1.165, 1.54) is 10.6 Å². The van der Waals surface area contributed by atoms with E-state index in [0.29, 0.717) is 22.3 Å². The van der Waals surface area contributed by atoms with Gasteiger partial charge in [0.15, 0.2) is 29.7 Å². The maximum Gasteiger partial charge on any atom is 0.252 e. The Bertz CT molecular complexity index is 1120. The Morgan fingerprint density at radius 1 is 1.07 bits per heavy atom. The molecule has 4 aromatic rings. The fourth-order valence-corrected chi connectivity index (χ4v) is 2.51. The number of rotatable bonds is 5. The van der Waals surface area contributed by atoms with Gasteiger partial charge in [0.2, 0.25) is 5.88 Å². The van der Waals surface area contributed by atoms with Crippen LogP contribution in [0, 0.1) is 11.8 Å². The van der Waals surface area contributed by atoms with Crippen LogP contribution in [0.15, 0.2) is 48.5 Å². The molecule has 4 rings (SSSR count). The van der Waals surface area contributed by atoms with Crippen LogP contribution in [0.4, 0.5) is 20.3 Å². The molecule has 0 radical (unpaired) electrons. The quantitative estimate of drug-likeness (QED) is 0.524. The number of pyridine rings is 1. The number of benzene rings is 1. The first kappa shape index (κ1) is 17.1. The van der Waals surface area contributed by atoms with Crippen LogP contribution in [0.25, 0.3) is 5.65 Å². The van der Waals surface area contributed by atoms with Crippen molar-refractivity contribution in [3.05, 3.63) is 71.1 Å². The van der Waals surface area contributed by atoms with Crippen LogP contribution in [-0.4, -0.2) is 24.8 Å². The van der Waals surface area contributed by atoms with E-state index in [9.17, 15) is 8.78 Å². The third-order valence-electron chi connectivity index (χ3n) is 3.55. The Morgan fingerprint density at radius 3 is 2.78 bits per heavy atom. The summed E-state index contributed by atoms with van der Waals surface area (Å²) >= 11 is 5.98. The first-order chi connectivity index (χ1) is 13.1. The molecule has 27 heavy (non-hydrogen) atoms. The van der Waals surface area contributed by atoms with Gasteiger partial charge < -0.3 is 10.1 Å². The molecule has 10 heteroatoms. The maximum atomic E-state index is 13.2. The van der Waals surface area contributed by atoms with Crippen LogP contribution < -0.4 is 10.1 Å². The van der Waals surface area contributed by atoms with Crippen molar-refractivity contribution in [2.75, 3.05) is 5.32 Å². The molecule has 0 aliphatic heterocycles. The topological polar surface area (TPSA) is 77.2 Å². The number of fused-ring (bicyclic) bond motifs is 1. The third kappa shape index (κ3) is 3.77. The summed E-state index contributed by atoms with van der Waals surface area (Å²) in [5, 5.41) is 16.1. The van der Waals surface area contributed by atoms with E-state index in [0.717, 1.165) is 11.8 Å². The van der Waals surface area contributed by atoms with Gasteiger partial charge in [-0.2, -0.15) is 13.9 Å². The van der Waals surface area contributed by atoms with E-state index in [4.69, 9.17) is 16.3 Å². The number of anilines is 2. The van der Waals surface area contributed by atoms with Crippen molar-refractivity contribution < 1.29 is 13.5 Å². The normalized spacial score (nSPS) is 10.9. The standard InChI is InChI=1S/C17H11ClF2N6O/c18-10-2-1-3-11(8-10)21-13-5-6-14-23-24-15(26(14)25-13)9-27-16-7-4-12(19)17(20)22-16/h1-8H,9H2,(H,21,25). The first-order valence-corrected chi connectivity index (χ1v) is 8.15. The second kappa shape index (κ2) is 7.12. The van der Waals surface area contributed by atoms with Gasteiger partial charge in [-0.3, -0.25) is 0 Å². The Balaban J connectivity index is 1.55. The lowest BCUT2D eigenvalue weighted by atomic mass is 10.3. The lowest BCUT2D eigenvalue weighted by Crippen LogP contribution is -2.06. The van der Waals surface area contributed by atoms with Crippen molar-refractivity contribution in [2.45, 2.75) is 6.61 Å². The SMILES string of the molecule is Fc1ccc(OCc2nnc3ccc(Nc4cccc(Cl)c4)nn23)nc1F. The molecule has 1 aromatic carbocycles. The molecule has 136 valence electrons. The van der Waals surface area contributed by atoms with Crippen molar-refractivity contribution in [3.63, 3.8) is 0 Å². The molecule has 0 atom stereocenters. The van der Waals surface area contributed by atoms with Gasteiger partial charge in [-0.1, -0.05) is 17.7 Å². The Hall–Kier alpha value is -3.33. The zero-order chi connectivity index (χ0) is 18.8. The predicted molar refractivity (Wildman–Crippen MR) is 94.0 cm³/mol. The van der Waals surface area contributed by atoms with Gasteiger partial charge in [-0.05, 0) is 36.4 Å². The molecule has 3 aromatic heterocycles. The highest BCUT2D eigenvalue weighted by Gasteiger charge is 2.11. The molecule has 0 saturated carbocycles. The second-order valence-electron chi connectivity index (χ2n) is 5.45. The summed E-state index contributed by atoms with van der Waals surface area (Å²) in [4.78, 5) is 3.37. The van der Waals surface area contributed by atoms with Crippen LogP contribution in [0.2, 0.25) is 5.02 Å². The molecular formula is C17H11ClF2N6O. The van der Waals surface area contributed by atoms with Gasteiger partial charge in [-0.25, -0.2) is 4.39 Å². The van der Waals surface area contributed by atoms with E-state index in [-0.39, 0.29) is 12.5 Å². The maximum absolute atomic E-state index is 13.2. The van der Waals surface area contributed by atoms with E-state index >= 15 is 0 Å². The molecule has 0 aliphatic carbocycles. The Morgan fingerprint density at radius 2 is 1.96 bits per heavy atom. The monoisotopic (exact) mass is 388 g/mol. The zero-order valence-electron chi connectivity index (χ0n) is 13.6. The highest BCUT2D eigenvalue weighted by Crippen LogP contribution is 2.19. The van der Waals surface area contributed by atoms with Gasteiger partial charge in [-0.15, -0.1) is 15.3 Å². The highest BCUT2D eigenvalue weighted by molar-refractivity contribution is 6.30. The van der Waals surface area contributed by atoms with Crippen molar-refractivity contribution in [2.24, 2.45) is 0 Å². The van der Waals surface area contributed by atoms with Gasteiger partial charge in [0.05, 0.1) is 0 Å². The molecule has 0 bridgehead atoms. The minimum atomic E-state index is -1.23. The summed E-state index contributed by atoms with van der Waals surface area (Å²) < 4.78 is 32.9. The van der Waals surface area contributed by atoms with Crippen molar-refractivity contribution in [1.29, 1.82) is 0 Å². The van der Waals surface area contributed by atoms with Crippen molar-refractivity contribution >= 4 is 28.8 Å². The van der Waals surface area contributed by atoms with Crippen LogP contribution in [0.5, 0.6) is 5.88 Å². The molecule has 3 heterocycles. The summed E-state index contributed by atoms with van der Waals surface area (Å²) in [5.41, 5.74) is 1.27. The molecule has 1 N–H and O–H groups in total. The van der Waals surface area contributed by atoms with Crippen LogP contribution >= 0.6 is 11.6 Å². The zero-order valence-corrected chi connectivity index (χ0v) is 14.4. The summed E-state index contributed by atoms with van der Waals surface area (Å²) in [5.74, 6) is -1.44. The Kier molecular flexibility index (Phi) is 4.51. The predicted octanol–water partition coefficient (Wildman–Crippen LogP) is 3.77. The van der Waals surface area contributed by atoms with Gasteiger partial charge in [0.25, 0.3) is 5.95 Å². The van der Waals surface area contributed by atoms with Crippen molar-refractivity contribution in [1.82, 2.24) is 24.8 Å². The van der Waals surface area contributed by atoms with Crippen LogP contribution in [0.1, 0.15) is 5.82 Å². The number of ether oxygens (including phenoxy) is 1. The Labute approximate surface area is 156 Å². The van der Waals surface area contributed by atoms with Gasteiger partial charge in [0.1, 0.15) is 0 Å².